The molecule has 22 heavy (non-hydrogen) atoms. The van der Waals surface area contributed by atoms with E-state index in [1.54, 1.807) is 0 Å². The van der Waals surface area contributed by atoms with Gasteiger partial charge in [0.05, 0.1) is 0 Å². The quantitative estimate of drug-likeness (QED) is 0.837. The minimum absolute atomic E-state index is 0.303. The lowest BCUT2D eigenvalue weighted by Crippen LogP contribution is -2.40. The van der Waals surface area contributed by atoms with Crippen LogP contribution >= 0.6 is 11.6 Å². The Morgan fingerprint density at radius 1 is 1.32 bits per heavy atom. The van der Waals surface area contributed by atoms with Gasteiger partial charge in [-0.2, -0.15) is 0 Å². The summed E-state index contributed by atoms with van der Waals surface area (Å²) in [4.78, 5) is 4.28. The van der Waals surface area contributed by atoms with Crippen LogP contribution in [0.25, 0.3) is 0 Å². The summed E-state index contributed by atoms with van der Waals surface area (Å²) in [6, 6.07) is 8.76. The van der Waals surface area contributed by atoms with Crippen LogP contribution < -0.4 is 5.32 Å². The molecule has 118 valence electrons. The maximum absolute atomic E-state index is 5.96. The summed E-state index contributed by atoms with van der Waals surface area (Å²) in [6.45, 7) is 5.37. The standard InChI is InChI=1S/C18H24ClN3/c1-14(7-11-22-12-10-20-15(22)2)21-18(8-9-18)13-16-3-5-17(19)6-4-16/h3-6,10,12,14,21H,7-9,11,13H2,1-2H3/t14-/m1/s1. The molecule has 1 aromatic heterocycles. The lowest BCUT2D eigenvalue weighted by molar-refractivity contribution is 0.392. The topological polar surface area (TPSA) is 29.9 Å². The zero-order valence-corrected chi connectivity index (χ0v) is 14.1. The predicted octanol–water partition coefficient (Wildman–Crippen LogP) is 3.99. The second-order valence-electron chi connectivity index (χ2n) is 6.59. The first kappa shape index (κ1) is 15.6. The van der Waals surface area contributed by atoms with Crippen LogP contribution in [0, 0.1) is 6.92 Å². The Morgan fingerprint density at radius 3 is 2.64 bits per heavy atom. The summed E-state index contributed by atoms with van der Waals surface area (Å²) in [5.41, 5.74) is 1.67. The van der Waals surface area contributed by atoms with E-state index in [4.69, 9.17) is 11.6 Å². The van der Waals surface area contributed by atoms with E-state index in [2.05, 4.69) is 47.0 Å². The highest BCUT2D eigenvalue weighted by atomic mass is 35.5. The Labute approximate surface area is 137 Å². The van der Waals surface area contributed by atoms with E-state index in [0.29, 0.717) is 11.6 Å². The third kappa shape index (κ3) is 3.90. The van der Waals surface area contributed by atoms with Gasteiger partial charge in [0, 0.05) is 35.5 Å². The van der Waals surface area contributed by atoms with Crippen molar-refractivity contribution in [2.45, 2.75) is 57.7 Å². The van der Waals surface area contributed by atoms with Gasteiger partial charge >= 0.3 is 0 Å². The lowest BCUT2D eigenvalue weighted by atomic mass is 10.0. The molecule has 2 aromatic rings. The number of nitrogens with one attached hydrogen (secondary N) is 1. The fourth-order valence-electron chi connectivity index (χ4n) is 3.08. The normalized spacial score (nSPS) is 17.4. The number of halogens is 1. The number of nitrogens with zero attached hydrogens (tertiary/aromatic N) is 2. The smallest absolute Gasteiger partial charge is 0.105 e. The number of benzene rings is 1. The zero-order chi connectivity index (χ0) is 15.6. The molecule has 1 heterocycles. The maximum Gasteiger partial charge on any atom is 0.105 e. The summed E-state index contributed by atoms with van der Waals surface area (Å²) in [5.74, 6) is 1.09. The third-order valence-corrected chi connectivity index (χ3v) is 4.84. The Bertz CT molecular complexity index is 614. The van der Waals surface area contributed by atoms with Crippen LogP contribution in [-0.2, 0) is 13.0 Å². The maximum atomic E-state index is 5.96. The number of aromatic nitrogens is 2. The van der Waals surface area contributed by atoms with Crippen molar-refractivity contribution in [2.75, 3.05) is 0 Å². The second kappa shape index (κ2) is 6.43. The summed E-state index contributed by atoms with van der Waals surface area (Å²) in [7, 11) is 0. The van der Waals surface area contributed by atoms with Crippen LogP contribution in [0.15, 0.2) is 36.7 Å². The van der Waals surface area contributed by atoms with Crippen molar-refractivity contribution in [1.82, 2.24) is 14.9 Å². The number of aryl methyl sites for hydroxylation is 2. The van der Waals surface area contributed by atoms with Crippen LogP contribution in [0.2, 0.25) is 5.02 Å². The van der Waals surface area contributed by atoms with Crippen molar-refractivity contribution in [1.29, 1.82) is 0 Å². The second-order valence-corrected chi connectivity index (χ2v) is 7.02. The molecule has 3 rings (SSSR count). The minimum Gasteiger partial charge on any atom is -0.335 e. The first-order chi connectivity index (χ1) is 10.6. The highest BCUT2D eigenvalue weighted by Crippen LogP contribution is 2.39. The summed E-state index contributed by atoms with van der Waals surface area (Å²) in [6.07, 6.45) is 8.69. The molecule has 1 aromatic carbocycles. The van der Waals surface area contributed by atoms with Crippen molar-refractivity contribution >= 4 is 11.6 Å². The molecule has 1 saturated carbocycles. The van der Waals surface area contributed by atoms with Crippen LogP contribution in [0.5, 0.6) is 0 Å². The van der Waals surface area contributed by atoms with Crippen LogP contribution in [-0.4, -0.2) is 21.1 Å². The Morgan fingerprint density at radius 2 is 2.05 bits per heavy atom. The first-order valence-electron chi connectivity index (χ1n) is 8.06. The van der Waals surface area contributed by atoms with E-state index in [0.717, 1.165) is 30.2 Å². The Kier molecular flexibility index (Phi) is 4.55. The van der Waals surface area contributed by atoms with Gasteiger partial charge in [0.25, 0.3) is 0 Å². The van der Waals surface area contributed by atoms with E-state index in [-0.39, 0.29) is 0 Å². The van der Waals surface area contributed by atoms with Gasteiger partial charge in [0.1, 0.15) is 5.82 Å². The third-order valence-electron chi connectivity index (χ3n) is 4.59. The zero-order valence-electron chi connectivity index (χ0n) is 13.3. The molecule has 1 aliphatic rings. The van der Waals surface area contributed by atoms with E-state index in [1.807, 2.05) is 18.3 Å². The highest BCUT2D eigenvalue weighted by molar-refractivity contribution is 6.30. The molecular weight excluding hydrogens is 294 g/mol. The first-order valence-corrected chi connectivity index (χ1v) is 8.44. The van der Waals surface area contributed by atoms with E-state index in [1.165, 1.54) is 18.4 Å². The molecule has 4 heteroatoms. The fourth-order valence-corrected chi connectivity index (χ4v) is 3.21. The summed E-state index contributed by atoms with van der Waals surface area (Å²) in [5, 5.41) is 4.66. The molecule has 1 atom stereocenters. The van der Waals surface area contributed by atoms with Crippen molar-refractivity contribution < 1.29 is 0 Å². The minimum atomic E-state index is 0.303. The molecule has 3 nitrogen and oxygen atoms in total. The number of hydrogen-bond acceptors (Lipinski definition) is 2. The van der Waals surface area contributed by atoms with E-state index >= 15 is 0 Å². The van der Waals surface area contributed by atoms with Crippen LogP contribution in [0.1, 0.15) is 37.6 Å². The van der Waals surface area contributed by atoms with Crippen LogP contribution in [0.4, 0.5) is 0 Å². The summed E-state index contributed by atoms with van der Waals surface area (Å²) < 4.78 is 2.22. The van der Waals surface area contributed by atoms with Gasteiger partial charge < -0.3 is 9.88 Å². The van der Waals surface area contributed by atoms with Crippen molar-refractivity contribution in [3.8, 4) is 0 Å². The number of rotatable bonds is 7. The van der Waals surface area contributed by atoms with Gasteiger partial charge in [0.2, 0.25) is 0 Å². The molecule has 0 amide bonds. The SMILES string of the molecule is Cc1nccn1CC[C@@H](C)NC1(Cc2ccc(Cl)cc2)CC1. The van der Waals surface area contributed by atoms with E-state index < -0.39 is 0 Å². The monoisotopic (exact) mass is 317 g/mol. The van der Waals surface area contributed by atoms with Gasteiger partial charge in [-0.15, -0.1) is 0 Å². The van der Waals surface area contributed by atoms with Gasteiger partial charge in [-0.3, -0.25) is 0 Å². The molecule has 0 unspecified atom stereocenters. The molecule has 0 spiro atoms. The molecule has 0 aliphatic heterocycles. The molecule has 0 bridgehead atoms. The van der Waals surface area contributed by atoms with E-state index in [9.17, 15) is 0 Å². The van der Waals surface area contributed by atoms with Gasteiger partial charge in [-0.25, -0.2) is 4.98 Å². The Hall–Kier alpha value is -1.32. The van der Waals surface area contributed by atoms with Gasteiger partial charge in [-0.05, 0) is 57.2 Å². The molecule has 0 radical (unpaired) electrons. The predicted molar refractivity (Wildman–Crippen MR) is 91.3 cm³/mol. The molecular formula is C18H24ClN3. The van der Waals surface area contributed by atoms with Gasteiger partial charge in [-0.1, -0.05) is 23.7 Å². The van der Waals surface area contributed by atoms with Gasteiger partial charge in [0.15, 0.2) is 0 Å². The summed E-state index contributed by atoms with van der Waals surface area (Å²) >= 11 is 5.96. The van der Waals surface area contributed by atoms with Crippen molar-refractivity contribution in [3.63, 3.8) is 0 Å². The molecule has 1 fully saturated rings. The average molecular weight is 318 g/mol. The molecule has 1 aliphatic carbocycles. The average Bonchev–Trinajstić information content (AvgIpc) is 3.11. The number of imidazole rings is 1. The largest absolute Gasteiger partial charge is 0.335 e. The molecule has 1 N–H and O–H groups in total. The Balaban J connectivity index is 1.51. The fraction of sp³-hybridized carbons (Fsp3) is 0.500. The lowest BCUT2D eigenvalue weighted by Gasteiger charge is -2.23. The van der Waals surface area contributed by atoms with Crippen molar-refractivity contribution in [3.05, 3.63) is 53.1 Å². The number of hydrogen-bond donors (Lipinski definition) is 1. The molecule has 0 saturated heterocycles. The highest BCUT2D eigenvalue weighted by Gasteiger charge is 2.42. The van der Waals surface area contributed by atoms with Crippen LogP contribution in [0.3, 0.4) is 0 Å². The van der Waals surface area contributed by atoms with Crippen molar-refractivity contribution in [2.24, 2.45) is 0 Å².